The number of aromatic nitrogens is 4. The molecule has 1 amide bonds. The maximum atomic E-state index is 12.1. The summed E-state index contributed by atoms with van der Waals surface area (Å²) in [6.45, 7) is 3.70. The van der Waals surface area contributed by atoms with Gasteiger partial charge in [-0.25, -0.2) is 14.8 Å². The lowest BCUT2D eigenvalue weighted by Gasteiger charge is -2.08. The predicted octanol–water partition coefficient (Wildman–Crippen LogP) is 2.12. The van der Waals surface area contributed by atoms with Gasteiger partial charge in [-0.1, -0.05) is 11.6 Å². The van der Waals surface area contributed by atoms with Crippen LogP contribution < -0.4 is 11.4 Å². The van der Waals surface area contributed by atoms with Crippen molar-refractivity contribution in [3.63, 3.8) is 0 Å². The van der Waals surface area contributed by atoms with Gasteiger partial charge in [0.05, 0.1) is 0 Å². The Balaban J connectivity index is 2.36. The number of imidazole rings is 1. The van der Waals surface area contributed by atoms with Crippen LogP contribution in [0.15, 0.2) is 29.1 Å². The van der Waals surface area contributed by atoms with Crippen molar-refractivity contribution >= 4 is 28.7 Å². The van der Waals surface area contributed by atoms with Gasteiger partial charge in [0.15, 0.2) is 17.2 Å². The van der Waals surface area contributed by atoms with E-state index in [4.69, 9.17) is 17.3 Å². The summed E-state index contributed by atoms with van der Waals surface area (Å²) in [6.07, 6.45) is 0. The molecule has 0 fully saturated rings. The van der Waals surface area contributed by atoms with Crippen molar-refractivity contribution in [1.29, 1.82) is 0 Å². The highest BCUT2D eigenvalue weighted by atomic mass is 35.5. The number of fused-ring (bicyclic) bond motifs is 1. The van der Waals surface area contributed by atoms with Crippen LogP contribution >= 0.6 is 11.6 Å². The van der Waals surface area contributed by atoms with Crippen LogP contribution in [0.25, 0.3) is 22.6 Å². The number of benzene rings is 1. The van der Waals surface area contributed by atoms with E-state index in [9.17, 15) is 9.59 Å². The maximum Gasteiger partial charge on any atom is 0.327 e. The minimum Gasteiger partial charge on any atom is -0.364 e. The molecule has 0 spiro atoms. The Labute approximate surface area is 136 Å². The van der Waals surface area contributed by atoms with E-state index in [1.54, 1.807) is 24.3 Å². The molecule has 7 nitrogen and oxygen atoms in total. The number of primary amides is 1. The zero-order chi connectivity index (χ0) is 16.7. The fourth-order valence-corrected chi connectivity index (χ4v) is 2.51. The molecule has 0 aliphatic rings. The number of nitrogens with zero attached hydrogens (tertiary/aromatic N) is 3. The van der Waals surface area contributed by atoms with Gasteiger partial charge in [-0.3, -0.25) is 9.36 Å². The highest BCUT2D eigenvalue weighted by Crippen LogP contribution is 2.22. The summed E-state index contributed by atoms with van der Waals surface area (Å²) in [5, 5.41) is 0.575. The third-order valence-corrected chi connectivity index (χ3v) is 3.67. The van der Waals surface area contributed by atoms with Gasteiger partial charge < -0.3 is 10.7 Å². The molecule has 0 unspecified atom stereocenters. The van der Waals surface area contributed by atoms with Gasteiger partial charge in [0.25, 0.3) is 5.91 Å². The molecule has 3 N–H and O–H groups in total. The quantitative estimate of drug-likeness (QED) is 0.766. The van der Waals surface area contributed by atoms with Crippen LogP contribution in [0.4, 0.5) is 0 Å². The number of hydrogen-bond acceptors (Lipinski definition) is 4. The van der Waals surface area contributed by atoms with Crippen molar-refractivity contribution in [3.8, 4) is 11.4 Å². The molecular formula is C15H14ClN5O2. The molecule has 0 radical (unpaired) electrons. The number of aromatic amines is 1. The van der Waals surface area contributed by atoms with Crippen molar-refractivity contribution in [1.82, 2.24) is 19.5 Å². The number of nitrogens with two attached hydrogens (primary N) is 1. The van der Waals surface area contributed by atoms with E-state index in [0.717, 1.165) is 0 Å². The number of amides is 1. The third kappa shape index (κ3) is 2.59. The second-order valence-electron chi connectivity index (χ2n) is 5.36. The van der Waals surface area contributed by atoms with Crippen molar-refractivity contribution in [2.24, 2.45) is 5.73 Å². The molecule has 0 atom stereocenters. The van der Waals surface area contributed by atoms with Gasteiger partial charge >= 0.3 is 5.69 Å². The molecule has 3 rings (SSSR count). The summed E-state index contributed by atoms with van der Waals surface area (Å²) >= 11 is 5.88. The first-order chi connectivity index (χ1) is 10.9. The molecule has 0 saturated carbocycles. The first-order valence-corrected chi connectivity index (χ1v) is 7.34. The molecule has 3 aromatic rings. The van der Waals surface area contributed by atoms with E-state index >= 15 is 0 Å². The zero-order valence-electron chi connectivity index (χ0n) is 12.5. The molecule has 0 aliphatic carbocycles. The average molecular weight is 332 g/mol. The smallest absolute Gasteiger partial charge is 0.327 e. The maximum absolute atomic E-state index is 12.1. The lowest BCUT2D eigenvalue weighted by molar-refractivity contribution is 0.0997. The molecule has 2 aromatic heterocycles. The second kappa shape index (κ2) is 5.51. The lowest BCUT2D eigenvalue weighted by atomic mass is 10.2. The number of rotatable bonds is 3. The monoisotopic (exact) mass is 331 g/mol. The molecular weight excluding hydrogens is 318 g/mol. The SMILES string of the molecule is CC(C)n1c(=O)[nH]c2c(C(N)=O)nc(-c3ccc(Cl)cc3)nc21. The molecule has 2 heterocycles. The number of nitrogens with one attached hydrogen (secondary N) is 1. The molecule has 0 aliphatic heterocycles. The van der Waals surface area contributed by atoms with Crippen molar-refractivity contribution < 1.29 is 4.79 Å². The standard InChI is InChI=1S/C15H14ClN5O2/c1-7(2)21-14-11(19-15(21)23)10(12(17)22)18-13(20-14)8-3-5-9(16)6-4-8/h3-7H,1-2H3,(H2,17,22)(H,19,23). The third-order valence-electron chi connectivity index (χ3n) is 3.42. The summed E-state index contributed by atoms with van der Waals surface area (Å²) in [6, 6.07) is 6.73. The van der Waals surface area contributed by atoms with E-state index in [1.165, 1.54) is 4.57 Å². The molecule has 1 aromatic carbocycles. The summed E-state index contributed by atoms with van der Waals surface area (Å²) < 4.78 is 1.46. The van der Waals surface area contributed by atoms with Gasteiger partial charge in [-0.05, 0) is 38.1 Å². The Morgan fingerprint density at radius 2 is 1.91 bits per heavy atom. The van der Waals surface area contributed by atoms with E-state index in [2.05, 4.69) is 15.0 Å². The number of halogens is 1. The minimum absolute atomic E-state index is 0.0172. The highest BCUT2D eigenvalue weighted by Gasteiger charge is 2.20. The molecule has 8 heteroatoms. The Hall–Kier alpha value is -2.67. The van der Waals surface area contributed by atoms with Crippen LogP contribution in [-0.2, 0) is 0 Å². The summed E-state index contributed by atoms with van der Waals surface area (Å²) in [7, 11) is 0. The van der Waals surface area contributed by atoms with Gasteiger partial charge in [0, 0.05) is 16.6 Å². The Morgan fingerprint density at radius 1 is 1.26 bits per heavy atom. The van der Waals surface area contributed by atoms with Gasteiger partial charge in [-0.2, -0.15) is 0 Å². The van der Waals surface area contributed by atoms with Crippen LogP contribution in [0.5, 0.6) is 0 Å². The van der Waals surface area contributed by atoms with E-state index in [-0.39, 0.29) is 22.9 Å². The Bertz CT molecular complexity index is 956. The van der Waals surface area contributed by atoms with Crippen molar-refractivity contribution in [3.05, 3.63) is 45.5 Å². The Kier molecular flexibility index (Phi) is 3.65. The average Bonchev–Trinajstić information content (AvgIpc) is 2.82. The van der Waals surface area contributed by atoms with E-state index < -0.39 is 5.91 Å². The van der Waals surface area contributed by atoms with Gasteiger partial charge in [0.1, 0.15) is 5.52 Å². The number of hydrogen-bond donors (Lipinski definition) is 2. The molecule has 23 heavy (non-hydrogen) atoms. The summed E-state index contributed by atoms with van der Waals surface area (Å²) in [5.41, 5.74) is 6.29. The van der Waals surface area contributed by atoms with Crippen molar-refractivity contribution in [2.75, 3.05) is 0 Å². The predicted molar refractivity (Wildman–Crippen MR) is 87.5 cm³/mol. The van der Waals surface area contributed by atoms with Crippen LogP contribution in [0, 0.1) is 0 Å². The molecule has 118 valence electrons. The minimum atomic E-state index is -0.732. The van der Waals surface area contributed by atoms with Crippen LogP contribution in [0.1, 0.15) is 30.4 Å². The fraction of sp³-hybridized carbons (Fsp3) is 0.200. The molecule has 0 bridgehead atoms. The number of carbonyl (C=O) groups excluding carboxylic acids is 1. The van der Waals surface area contributed by atoms with Gasteiger partial charge in [-0.15, -0.1) is 0 Å². The largest absolute Gasteiger partial charge is 0.364 e. The van der Waals surface area contributed by atoms with E-state index in [1.807, 2.05) is 13.8 Å². The Morgan fingerprint density at radius 3 is 2.48 bits per heavy atom. The first kappa shape index (κ1) is 15.2. The van der Waals surface area contributed by atoms with Crippen molar-refractivity contribution in [2.45, 2.75) is 19.9 Å². The number of H-pyrrole nitrogens is 1. The zero-order valence-corrected chi connectivity index (χ0v) is 13.3. The van der Waals surface area contributed by atoms with Crippen LogP contribution in [-0.4, -0.2) is 25.4 Å². The second-order valence-corrected chi connectivity index (χ2v) is 5.80. The first-order valence-electron chi connectivity index (χ1n) is 6.96. The van der Waals surface area contributed by atoms with Gasteiger partial charge in [0.2, 0.25) is 0 Å². The summed E-state index contributed by atoms with van der Waals surface area (Å²) in [5.74, 6) is -0.430. The number of carbonyl (C=O) groups is 1. The fourth-order valence-electron chi connectivity index (χ4n) is 2.39. The summed E-state index contributed by atoms with van der Waals surface area (Å²) in [4.78, 5) is 35.1. The molecule has 0 saturated heterocycles. The van der Waals surface area contributed by atoms with Crippen LogP contribution in [0.3, 0.4) is 0 Å². The van der Waals surface area contributed by atoms with Crippen LogP contribution in [0.2, 0.25) is 5.02 Å². The highest BCUT2D eigenvalue weighted by molar-refractivity contribution is 6.30. The van der Waals surface area contributed by atoms with E-state index in [0.29, 0.717) is 22.1 Å². The lowest BCUT2D eigenvalue weighted by Crippen LogP contribution is -2.18. The normalized spacial score (nSPS) is 11.3. The topological polar surface area (TPSA) is 107 Å².